The van der Waals surface area contributed by atoms with E-state index in [2.05, 4.69) is 11.8 Å². The maximum absolute atomic E-state index is 11.2. The van der Waals surface area contributed by atoms with E-state index in [4.69, 9.17) is 27.9 Å². The molecule has 4 nitrogen and oxygen atoms in total. The van der Waals surface area contributed by atoms with Crippen molar-refractivity contribution in [3.8, 4) is 5.75 Å². The number of rotatable bonds is 3. The fourth-order valence-electron chi connectivity index (χ4n) is 3.22. The minimum absolute atomic E-state index is 0.285. The molecule has 23 heavy (non-hydrogen) atoms. The normalized spacial score (nSPS) is 24.6. The predicted octanol–water partition coefficient (Wildman–Crippen LogP) is 3.95. The molecular formula is C17H19Cl2NO3. The molecule has 0 bridgehead atoms. The van der Waals surface area contributed by atoms with Gasteiger partial charge in [0.15, 0.2) is 0 Å². The molecule has 1 saturated heterocycles. The summed E-state index contributed by atoms with van der Waals surface area (Å²) in [6, 6.07) is 3.88. The van der Waals surface area contributed by atoms with E-state index in [0.717, 1.165) is 24.0 Å². The van der Waals surface area contributed by atoms with Crippen molar-refractivity contribution in [2.45, 2.75) is 25.8 Å². The average molecular weight is 356 g/mol. The number of carboxylic acids is 1. The molecule has 124 valence electrons. The number of nitrogens with zero attached hydrogens (tertiary/aromatic N) is 1. The second-order valence-corrected chi connectivity index (χ2v) is 7.13. The molecule has 1 fully saturated rings. The summed E-state index contributed by atoms with van der Waals surface area (Å²) in [4.78, 5) is 13.5. The summed E-state index contributed by atoms with van der Waals surface area (Å²) in [7, 11) is 0. The zero-order valence-corrected chi connectivity index (χ0v) is 14.4. The highest BCUT2D eigenvalue weighted by Crippen LogP contribution is 2.36. The van der Waals surface area contributed by atoms with E-state index in [1.807, 2.05) is 12.1 Å². The molecule has 0 spiro atoms. The van der Waals surface area contributed by atoms with Crippen LogP contribution in [0.1, 0.15) is 25.3 Å². The van der Waals surface area contributed by atoms with Gasteiger partial charge < -0.3 is 9.84 Å². The largest absolute Gasteiger partial charge is 0.487 e. The van der Waals surface area contributed by atoms with E-state index in [1.165, 1.54) is 0 Å². The van der Waals surface area contributed by atoms with Gasteiger partial charge in [0.1, 0.15) is 12.4 Å². The smallest absolute Gasteiger partial charge is 0.307 e. The lowest BCUT2D eigenvalue weighted by Gasteiger charge is -2.37. The van der Waals surface area contributed by atoms with Crippen molar-refractivity contribution < 1.29 is 14.6 Å². The number of fused-ring (bicyclic) bond motifs is 1. The van der Waals surface area contributed by atoms with Crippen molar-refractivity contribution in [3.05, 3.63) is 33.3 Å². The second-order valence-electron chi connectivity index (χ2n) is 6.29. The number of halogens is 2. The van der Waals surface area contributed by atoms with Gasteiger partial charge in [-0.1, -0.05) is 23.2 Å². The van der Waals surface area contributed by atoms with Gasteiger partial charge in [-0.05, 0) is 43.5 Å². The highest BCUT2D eigenvalue weighted by molar-refractivity contribution is 6.36. The molecule has 6 heteroatoms. The molecule has 2 heterocycles. The van der Waals surface area contributed by atoms with Gasteiger partial charge >= 0.3 is 5.97 Å². The van der Waals surface area contributed by atoms with Gasteiger partial charge in [-0.2, -0.15) is 0 Å². The SMILES string of the molecule is CC1CCC(C(=O)O)CN1CC1=Cc2cc(Cl)cc(Cl)c2OC1. The third-order valence-electron chi connectivity index (χ3n) is 4.57. The summed E-state index contributed by atoms with van der Waals surface area (Å²) in [6.07, 6.45) is 3.70. The van der Waals surface area contributed by atoms with Crippen molar-refractivity contribution in [3.63, 3.8) is 0 Å². The minimum Gasteiger partial charge on any atom is -0.487 e. The van der Waals surface area contributed by atoms with Gasteiger partial charge in [0, 0.05) is 29.7 Å². The number of hydrogen-bond acceptors (Lipinski definition) is 3. The molecule has 1 N–H and O–H groups in total. The van der Waals surface area contributed by atoms with Crippen molar-refractivity contribution in [1.29, 1.82) is 0 Å². The molecular weight excluding hydrogens is 337 g/mol. The molecule has 0 saturated carbocycles. The monoisotopic (exact) mass is 355 g/mol. The molecule has 0 aromatic heterocycles. The average Bonchev–Trinajstić information content (AvgIpc) is 2.48. The Kier molecular flexibility index (Phi) is 4.85. The number of ether oxygens (including phenoxy) is 1. The molecule has 2 unspecified atom stereocenters. The van der Waals surface area contributed by atoms with Crippen LogP contribution in [-0.4, -0.2) is 41.7 Å². The Morgan fingerprint density at radius 1 is 1.39 bits per heavy atom. The predicted molar refractivity (Wildman–Crippen MR) is 91.3 cm³/mol. The first-order valence-corrected chi connectivity index (χ1v) is 8.48. The lowest BCUT2D eigenvalue weighted by molar-refractivity contribution is -0.144. The van der Waals surface area contributed by atoms with E-state index in [1.54, 1.807) is 6.07 Å². The van der Waals surface area contributed by atoms with Crippen molar-refractivity contribution >= 4 is 35.2 Å². The second kappa shape index (κ2) is 6.71. The molecule has 1 aromatic carbocycles. The zero-order valence-electron chi connectivity index (χ0n) is 12.9. The van der Waals surface area contributed by atoms with Crippen LogP contribution in [-0.2, 0) is 4.79 Å². The number of benzene rings is 1. The van der Waals surface area contributed by atoms with Gasteiger partial charge in [-0.3, -0.25) is 9.69 Å². The number of piperidine rings is 1. The highest BCUT2D eigenvalue weighted by atomic mass is 35.5. The Morgan fingerprint density at radius 2 is 2.17 bits per heavy atom. The van der Waals surface area contributed by atoms with Crippen LogP contribution < -0.4 is 4.74 Å². The molecule has 2 atom stereocenters. The Hall–Kier alpha value is -1.23. The lowest BCUT2D eigenvalue weighted by atomic mass is 9.93. The first-order chi connectivity index (χ1) is 10.9. The van der Waals surface area contributed by atoms with Gasteiger partial charge in [0.2, 0.25) is 0 Å². The van der Waals surface area contributed by atoms with Crippen LogP contribution in [0.2, 0.25) is 10.0 Å². The maximum Gasteiger partial charge on any atom is 0.307 e. The summed E-state index contributed by atoms with van der Waals surface area (Å²) in [5.74, 6) is -0.331. The van der Waals surface area contributed by atoms with E-state index < -0.39 is 5.97 Å². The first-order valence-electron chi connectivity index (χ1n) is 7.72. The number of likely N-dealkylation sites (tertiary alicyclic amines) is 1. The van der Waals surface area contributed by atoms with Crippen LogP contribution in [0.15, 0.2) is 17.7 Å². The molecule has 0 amide bonds. The Bertz CT molecular complexity index is 659. The van der Waals surface area contributed by atoms with E-state index in [0.29, 0.717) is 41.5 Å². The number of carbonyl (C=O) groups is 1. The first kappa shape index (κ1) is 16.6. The van der Waals surface area contributed by atoms with E-state index in [9.17, 15) is 9.90 Å². The zero-order chi connectivity index (χ0) is 16.6. The molecule has 0 radical (unpaired) electrons. The summed E-state index contributed by atoms with van der Waals surface area (Å²) in [5.41, 5.74) is 1.98. The van der Waals surface area contributed by atoms with Crippen LogP contribution in [0, 0.1) is 5.92 Å². The fraction of sp³-hybridized carbons (Fsp3) is 0.471. The molecule has 0 aliphatic carbocycles. The van der Waals surface area contributed by atoms with Gasteiger partial charge in [-0.25, -0.2) is 0 Å². The Balaban J connectivity index is 1.77. The van der Waals surface area contributed by atoms with Gasteiger partial charge in [0.25, 0.3) is 0 Å². The van der Waals surface area contributed by atoms with Crippen LogP contribution >= 0.6 is 23.2 Å². The third-order valence-corrected chi connectivity index (χ3v) is 5.06. The van der Waals surface area contributed by atoms with Crippen molar-refractivity contribution in [1.82, 2.24) is 4.90 Å². The van der Waals surface area contributed by atoms with Gasteiger partial charge in [-0.15, -0.1) is 0 Å². The van der Waals surface area contributed by atoms with Crippen LogP contribution in [0.3, 0.4) is 0 Å². The summed E-state index contributed by atoms with van der Waals surface area (Å²) in [5, 5.41) is 10.3. The number of hydrogen-bond donors (Lipinski definition) is 1. The maximum atomic E-state index is 11.2. The quantitative estimate of drug-likeness (QED) is 0.891. The third kappa shape index (κ3) is 3.65. The molecule has 2 aliphatic rings. The van der Waals surface area contributed by atoms with Crippen LogP contribution in [0.25, 0.3) is 6.08 Å². The van der Waals surface area contributed by atoms with Crippen molar-refractivity contribution in [2.24, 2.45) is 5.92 Å². The van der Waals surface area contributed by atoms with E-state index >= 15 is 0 Å². The van der Waals surface area contributed by atoms with Crippen LogP contribution in [0.4, 0.5) is 0 Å². The standard InChI is InChI=1S/C17H19Cl2NO3/c1-10-2-3-12(17(21)22)8-20(10)7-11-4-13-5-14(18)6-15(19)16(13)23-9-11/h4-6,10,12H,2-3,7-9H2,1H3,(H,21,22). The molecule has 1 aromatic rings. The Morgan fingerprint density at radius 3 is 2.91 bits per heavy atom. The van der Waals surface area contributed by atoms with Crippen molar-refractivity contribution in [2.75, 3.05) is 19.7 Å². The summed E-state index contributed by atoms with van der Waals surface area (Å²) < 4.78 is 5.77. The van der Waals surface area contributed by atoms with Gasteiger partial charge in [0.05, 0.1) is 10.9 Å². The highest BCUT2D eigenvalue weighted by Gasteiger charge is 2.30. The lowest BCUT2D eigenvalue weighted by Crippen LogP contribution is -2.45. The molecule has 3 rings (SSSR count). The minimum atomic E-state index is -0.709. The number of carboxylic acid groups (broad SMARTS) is 1. The molecule has 2 aliphatic heterocycles. The number of aliphatic carboxylic acids is 1. The Labute approximate surface area is 145 Å². The topological polar surface area (TPSA) is 49.8 Å². The fourth-order valence-corrected chi connectivity index (χ4v) is 3.78. The van der Waals surface area contributed by atoms with E-state index in [-0.39, 0.29) is 5.92 Å². The van der Waals surface area contributed by atoms with Crippen LogP contribution in [0.5, 0.6) is 5.75 Å². The summed E-state index contributed by atoms with van der Waals surface area (Å²) in [6.45, 7) is 3.89. The summed E-state index contributed by atoms with van der Waals surface area (Å²) >= 11 is 12.2.